The van der Waals surface area contributed by atoms with Gasteiger partial charge < -0.3 is 19.4 Å². The van der Waals surface area contributed by atoms with Crippen LogP contribution in [0.3, 0.4) is 0 Å². The second kappa shape index (κ2) is 7.33. The van der Waals surface area contributed by atoms with Crippen molar-refractivity contribution in [1.82, 2.24) is 10.2 Å². The second-order valence-electron chi connectivity index (χ2n) is 6.94. The predicted molar refractivity (Wildman–Crippen MR) is 99.1 cm³/mol. The van der Waals surface area contributed by atoms with Crippen LogP contribution in [0.1, 0.15) is 54.0 Å². The van der Waals surface area contributed by atoms with Crippen LogP contribution in [0.25, 0.3) is 0 Å². The van der Waals surface area contributed by atoms with Crippen LogP contribution in [0.15, 0.2) is 34.7 Å². The maximum absolute atomic E-state index is 12.9. The molecule has 0 saturated carbocycles. The Morgan fingerprint density at radius 3 is 3.08 bits per heavy atom. The molecule has 1 aromatic heterocycles. The molecule has 1 saturated heterocycles. The first-order chi connectivity index (χ1) is 12.7. The number of carbonyl (C=O) groups is 1. The quantitative estimate of drug-likeness (QED) is 0.849. The van der Waals surface area contributed by atoms with Crippen LogP contribution in [0.4, 0.5) is 4.79 Å². The zero-order valence-corrected chi connectivity index (χ0v) is 15.6. The number of benzene rings is 1. The first kappa shape index (κ1) is 17.4. The Labute approximate surface area is 158 Å². The molecule has 2 atom stereocenters. The van der Waals surface area contributed by atoms with Gasteiger partial charge in [0.25, 0.3) is 0 Å². The Bertz CT molecular complexity index is 804. The summed E-state index contributed by atoms with van der Waals surface area (Å²) in [6.45, 7) is 1.18. The topological polar surface area (TPSA) is 54.7 Å². The minimum absolute atomic E-state index is 0.0131. The smallest absolute Gasteiger partial charge is 0.318 e. The summed E-state index contributed by atoms with van der Waals surface area (Å²) in [5, 5.41) is 3.99. The number of nitrogens with one attached hydrogen (secondary N) is 1. The van der Waals surface area contributed by atoms with Gasteiger partial charge in [0.2, 0.25) is 0 Å². The van der Waals surface area contributed by atoms with Crippen molar-refractivity contribution < 1.29 is 13.9 Å². The van der Waals surface area contributed by atoms with Crippen molar-refractivity contribution in [3.05, 3.63) is 58.0 Å². The number of nitrogens with zero attached hydrogens (tertiary/aromatic N) is 1. The lowest BCUT2D eigenvalue weighted by Gasteiger charge is -2.26. The molecule has 6 heteroatoms. The number of ether oxygens (including phenoxy) is 1. The molecule has 5 nitrogen and oxygen atoms in total. The Morgan fingerprint density at radius 2 is 2.23 bits per heavy atom. The van der Waals surface area contributed by atoms with E-state index in [9.17, 15) is 4.79 Å². The molecule has 2 heterocycles. The van der Waals surface area contributed by atoms with E-state index in [1.807, 2.05) is 29.2 Å². The highest BCUT2D eigenvalue weighted by Gasteiger charge is 2.34. The first-order valence-corrected chi connectivity index (χ1v) is 9.47. The summed E-state index contributed by atoms with van der Waals surface area (Å²) in [4.78, 5) is 14.8. The average molecular weight is 375 g/mol. The van der Waals surface area contributed by atoms with Crippen LogP contribution in [0, 0.1) is 0 Å². The molecule has 0 radical (unpaired) electrons. The van der Waals surface area contributed by atoms with Gasteiger partial charge in [0.05, 0.1) is 12.1 Å². The predicted octanol–water partition coefficient (Wildman–Crippen LogP) is 4.61. The van der Waals surface area contributed by atoms with Crippen LogP contribution in [-0.4, -0.2) is 24.6 Å². The van der Waals surface area contributed by atoms with Crippen molar-refractivity contribution in [1.29, 1.82) is 0 Å². The van der Waals surface area contributed by atoms with Gasteiger partial charge in [-0.3, -0.25) is 0 Å². The van der Waals surface area contributed by atoms with E-state index in [-0.39, 0.29) is 18.1 Å². The van der Waals surface area contributed by atoms with Crippen LogP contribution >= 0.6 is 11.6 Å². The molecule has 26 heavy (non-hydrogen) atoms. The lowest BCUT2D eigenvalue weighted by atomic mass is 10.1. The Hall–Kier alpha value is -1.98. The SMILES string of the molecule is COCc1ccc(C2CCCN2C(=O)NC2CCc3c(Cl)cccc32)o1. The standard InChI is InChI=1S/C20H23ClN2O3/c1-25-12-13-7-10-19(26-13)18-6-3-11-23(18)20(24)22-17-9-8-14-15(17)4-2-5-16(14)21/h2,4-5,7,10,17-18H,3,6,8-9,11-12H2,1H3,(H,22,24). The molecule has 0 bridgehead atoms. The summed E-state index contributed by atoms with van der Waals surface area (Å²) in [5.74, 6) is 1.62. The number of hydrogen-bond acceptors (Lipinski definition) is 3. The lowest BCUT2D eigenvalue weighted by Crippen LogP contribution is -2.40. The number of methoxy groups -OCH3 is 1. The van der Waals surface area contributed by atoms with Crippen molar-refractivity contribution in [2.24, 2.45) is 0 Å². The molecule has 2 aromatic rings. The number of urea groups is 1. The van der Waals surface area contributed by atoms with E-state index >= 15 is 0 Å². The molecule has 2 unspecified atom stereocenters. The second-order valence-corrected chi connectivity index (χ2v) is 7.34. The van der Waals surface area contributed by atoms with Crippen LogP contribution in [-0.2, 0) is 17.8 Å². The van der Waals surface area contributed by atoms with Crippen molar-refractivity contribution in [2.75, 3.05) is 13.7 Å². The first-order valence-electron chi connectivity index (χ1n) is 9.09. The Morgan fingerprint density at radius 1 is 1.35 bits per heavy atom. The molecule has 1 fully saturated rings. The van der Waals surface area contributed by atoms with E-state index in [0.717, 1.165) is 59.9 Å². The van der Waals surface area contributed by atoms with Gasteiger partial charge >= 0.3 is 6.03 Å². The maximum atomic E-state index is 12.9. The molecule has 1 N–H and O–H groups in total. The monoisotopic (exact) mass is 374 g/mol. The van der Waals surface area contributed by atoms with Crippen molar-refractivity contribution >= 4 is 17.6 Å². The van der Waals surface area contributed by atoms with Crippen molar-refractivity contribution in [3.63, 3.8) is 0 Å². The molecule has 1 aliphatic heterocycles. The molecule has 0 spiro atoms. The molecular weight excluding hydrogens is 352 g/mol. The average Bonchev–Trinajstić information content (AvgIpc) is 3.35. The van der Waals surface area contributed by atoms with Gasteiger partial charge in [-0.15, -0.1) is 0 Å². The van der Waals surface area contributed by atoms with Crippen LogP contribution < -0.4 is 5.32 Å². The van der Waals surface area contributed by atoms with E-state index < -0.39 is 0 Å². The molecule has 1 aliphatic carbocycles. The van der Waals surface area contributed by atoms with Gasteiger partial charge in [-0.25, -0.2) is 4.79 Å². The molecule has 2 amide bonds. The number of amides is 2. The van der Waals surface area contributed by atoms with Gasteiger partial charge in [0.1, 0.15) is 18.1 Å². The minimum atomic E-state index is -0.0324. The summed E-state index contributed by atoms with van der Waals surface area (Å²) in [5.41, 5.74) is 2.30. The molecule has 1 aromatic carbocycles. The van der Waals surface area contributed by atoms with E-state index in [0.29, 0.717) is 6.61 Å². The third-order valence-electron chi connectivity index (χ3n) is 5.32. The Kier molecular flexibility index (Phi) is 4.92. The largest absolute Gasteiger partial charge is 0.461 e. The highest BCUT2D eigenvalue weighted by molar-refractivity contribution is 6.31. The fraction of sp³-hybridized carbons (Fsp3) is 0.450. The van der Waals surface area contributed by atoms with Gasteiger partial charge in [0, 0.05) is 18.7 Å². The minimum Gasteiger partial charge on any atom is -0.461 e. The van der Waals surface area contributed by atoms with Gasteiger partial charge in [0.15, 0.2) is 0 Å². The normalized spacial score (nSPS) is 21.8. The number of likely N-dealkylation sites (tertiary alicyclic amines) is 1. The molecule has 138 valence electrons. The zero-order chi connectivity index (χ0) is 18.1. The third kappa shape index (κ3) is 3.21. The number of halogens is 1. The summed E-state index contributed by atoms with van der Waals surface area (Å²) in [7, 11) is 1.64. The molecule has 4 rings (SSSR count). The van der Waals surface area contributed by atoms with Gasteiger partial charge in [-0.1, -0.05) is 23.7 Å². The number of carbonyl (C=O) groups excluding carboxylic acids is 1. The van der Waals surface area contributed by atoms with Gasteiger partial charge in [-0.2, -0.15) is 0 Å². The molecule has 2 aliphatic rings. The summed E-state index contributed by atoms with van der Waals surface area (Å²) < 4.78 is 11.0. The number of fused-ring (bicyclic) bond motifs is 1. The number of rotatable bonds is 4. The number of hydrogen-bond donors (Lipinski definition) is 1. The molecular formula is C20H23ClN2O3. The fourth-order valence-corrected chi connectivity index (χ4v) is 4.37. The highest BCUT2D eigenvalue weighted by Crippen LogP contribution is 2.37. The Balaban J connectivity index is 1.47. The van der Waals surface area contributed by atoms with E-state index in [4.69, 9.17) is 20.8 Å². The fourth-order valence-electron chi connectivity index (χ4n) is 4.09. The summed E-state index contributed by atoms with van der Waals surface area (Å²) >= 11 is 6.28. The van der Waals surface area contributed by atoms with Crippen LogP contribution in [0.2, 0.25) is 5.02 Å². The summed E-state index contributed by atoms with van der Waals surface area (Å²) in [6.07, 6.45) is 3.69. The van der Waals surface area contributed by atoms with Crippen molar-refractivity contribution in [2.45, 2.75) is 44.4 Å². The highest BCUT2D eigenvalue weighted by atomic mass is 35.5. The van der Waals surface area contributed by atoms with E-state index in [2.05, 4.69) is 11.4 Å². The van der Waals surface area contributed by atoms with E-state index in [1.54, 1.807) is 7.11 Å². The van der Waals surface area contributed by atoms with Crippen LogP contribution in [0.5, 0.6) is 0 Å². The van der Waals surface area contributed by atoms with Crippen molar-refractivity contribution in [3.8, 4) is 0 Å². The number of furan rings is 1. The zero-order valence-electron chi connectivity index (χ0n) is 14.8. The summed E-state index contributed by atoms with van der Waals surface area (Å²) in [6, 6.07) is 9.77. The van der Waals surface area contributed by atoms with Gasteiger partial charge in [-0.05, 0) is 55.0 Å². The lowest BCUT2D eigenvalue weighted by molar-refractivity contribution is 0.155. The third-order valence-corrected chi connectivity index (χ3v) is 5.68. The maximum Gasteiger partial charge on any atom is 0.318 e. The van der Waals surface area contributed by atoms with E-state index in [1.165, 1.54) is 0 Å².